The zero-order valence-corrected chi connectivity index (χ0v) is 15.8. The molecule has 1 fully saturated rings. The first-order chi connectivity index (χ1) is 13.6. The summed E-state index contributed by atoms with van der Waals surface area (Å²) < 4.78 is 15.5. The molecule has 0 spiro atoms. The number of benzene rings is 1. The summed E-state index contributed by atoms with van der Waals surface area (Å²) in [5, 5.41) is 9.26. The van der Waals surface area contributed by atoms with E-state index in [1.165, 1.54) is 0 Å². The van der Waals surface area contributed by atoms with Gasteiger partial charge in [-0.25, -0.2) is 4.79 Å². The van der Waals surface area contributed by atoms with Crippen molar-refractivity contribution in [3.63, 3.8) is 0 Å². The van der Waals surface area contributed by atoms with Crippen LogP contribution in [0.1, 0.15) is 30.6 Å². The molecule has 28 heavy (non-hydrogen) atoms. The normalized spacial score (nSPS) is 16.3. The lowest BCUT2D eigenvalue weighted by atomic mass is 10.2. The number of carbonyl (C=O) groups is 2. The fourth-order valence-electron chi connectivity index (χ4n) is 2.97. The van der Waals surface area contributed by atoms with Gasteiger partial charge in [-0.3, -0.25) is 4.79 Å². The lowest BCUT2D eigenvalue weighted by molar-refractivity contribution is -0.130. The molecule has 150 valence electrons. The number of nitrogens with zero attached hydrogens (tertiary/aromatic N) is 3. The van der Waals surface area contributed by atoms with Gasteiger partial charge in [0.1, 0.15) is 11.8 Å². The number of likely N-dealkylation sites (tertiary alicyclic amines) is 1. The Hall–Kier alpha value is -3.14. The largest absolute Gasteiger partial charge is 0.497 e. The van der Waals surface area contributed by atoms with E-state index in [-0.39, 0.29) is 18.5 Å². The molecule has 0 saturated carbocycles. The van der Waals surface area contributed by atoms with Gasteiger partial charge in [-0.05, 0) is 18.6 Å². The molecule has 10 nitrogen and oxygen atoms in total. The summed E-state index contributed by atoms with van der Waals surface area (Å²) in [6.45, 7) is 1.01. The van der Waals surface area contributed by atoms with Crippen LogP contribution in [0, 0.1) is 0 Å². The lowest BCUT2D eigenvalue weighted by Gasteiger charge is -2.21. The van der Waals surface area contributed by atoms with Crippen molar-refractivity contribution in [1.82, 2.24) is 20.4 Å². The van der Waals surface area contributed by atoms with Crippen molar-refractivity contribution in [3.8, 4) is 5.75 Å². The smallest absolute Gasteiger partial charge is 0.319 e. The average molecular weight is 389 g/mol. The molecule has 2 N–H and O–H groups in total. The molecule has 0 aliphatic carbocycles. The summed E-state index contributed by atoms with van der Waals surface area (Å²) in [5.74, 6) is 1.39. The molecule has 0 bridgehead atoms. The Morgan fingerprint density at radius 1 is 1.39 bits per heavy atom. The summed E-state index contributed by atoms with van der Waals surface area (Å²) in [4.78, 5) is 30.1. The third kappa shape index (κ3) is 4.77. The molecule has 2 aromatic rings. The first kappa shape index (κ1) is 19.6. The Balaban J connectivity index is 1.54. The van der Waals surface area contributed by atoms with Gasteiger partial charge in [0.2, 0.25) is 11.8 Å². The van der Waals surface area contributed by atoms with Crippen LogP contribution in [0.3, 0.4) is 0 Å². The Morgan fingerprint density at radius 3 is 3.04 bits per heavy atom. The van der Waals surface area contributed by atoms with Gasteiger partial charge in [0.15, 0.2) is 5.82 Å². The lowest BCUT2D eigenvalue weighted by Crippen LogP contribution is -2.31. The molecule has 1 atom stereocenters. The van der Waals surface area contributed by atoms with Gasteiger partial charge in [-0.2, -0.15) is 4.98 Å². The van der Waals surface area contributed by atoms with E-state index in [0.717, 1.165) is 0 Å². The van der Waals surface area contributed by atoms with Gasteiger partial charge in [-0.1, -0.05) is 11.2 Å². The minimum absolute atomic E-state index is 0.0394. The maximum Gasteiger partial charge on any atom is 0.319 e. The number of hydrogen-bond donors (Lipinski definition) is 2. The van der Waals surface area contributed by atoms with Crippen LogP contribution in [0.4, 0.5) is 10.5 Å². The summed E-state index contributed by atoms with van der Waals surface area (Å²) in [6, 6.07) is 6.36. The Morgan fingerprint density at radius 2 is 2.25 bits per heavy atom. The number of anilines is 1. The van der Waals surface area contributed by atoms with Gasteiger partial charge in [-0.15, -0.1) is 0 Å². The number of urea groups is 1. The zero-order valence-electron chi connectivity index (χ0n) is 15.8. The van der Waals surface area contributed by atoms with Crippen LogP contribution in [0.15, 0.2) is 28.8 Å². The van der Waals surface area contributed by atoms with Crippen LogP contribution in [-0.4, -0.2) is 54.4 Å². The van der Waals surface area contributed by atoms with Gasteiger partial charge >= 0.3 is 6.03 Å². The number of ether oxygens (including phenoxy) is 2. The van der Waals surface area contributed by atoms with Crippen molar-refractivity contribution in [2.45, 2.75) is 25.4 Å². The van der Waals surface area contributed by atoms with Crippen molar-refractivity contribution in [3.05, 3.63) is 36.0 Å². The van der Waals surface area contributed by atoms with Crippen LogP contribution < -0.4 is 15.4 Å². The molecule has 1 aromatic heterocycles. The van der Waals surface area contributed by atoms with Gasteiger partial charge in [0.05, 0.1) is 20.3 Å². The number of amides is 3. The van der Waals surface area contributed by atoms with Crippen LogP contribution in [-0.2, 0) is 16.1 Å². The maximum absolute atomic E-state index is 12.0. The third-order valence-electron chi connectivity index (χ3n) is 4.37. The number of methoxy groups -OCH3 is 2. The van der Waals surface area contributed by atoms with Crippen molar-refractivity contribution >= 4 is 17.6 Å². The van der Waals surface area contributed by atoms with Crippen LogP contribution >= 0.6 is 0 Å². The molecule has 0 unspecified atom stereocenters. The fraction of sp³-hybridized carbons (Fsp3) is 0.444. The molecule has 2 heterocycles. The summed E-state index contributed by atoms with van der Waals surface area (Å²) >= 11 is 0. The summed E-state index contributed by atoms with van der Waals surface area (Å²) in [7, 11) is 3.14. The predicted molar refractivity (Wildman–Crippen MR) is 98.7 cm³/mol. The Bertz CT molecular complexity index is 824. The standard InChI is InChI=1S/C18H23N5O5/c1-26-9-8-23-14(6-7-16(23)24)17-21-15(22-28-17)11-19-18(25)20-12-4-3-5-13(10-12)27-2/h3-5,10,14H,6-9,11H2,1-2H3,(H2,19,20,25)/t14-/m0/s1. The first-order valence-corrected chi connectivity index (χ1v) is 8.90. The zero-order chi connectivity index (χ0) is 19.9. The van der Waals surface area contributed by atoms with E-state index in [1.54, 1.807) is 43.4 Å². The molecule has 0 radical (unpaired) electrons. The molecular weight excluding hydrogens is 366 g/mol. The van der Waals surface area contributed by atoms with E-state index in [1.807, 2.05) is 0 Å². The highest BCUT2D eigenvalue weighted by molar-refractivity contribution is 5.89. The number of aromatic nitrogens is 2. The minimum Gasteiger partial charge on any atom is -0.497 e. The second kappa shape index (κ2) is 9.18. The van der Waals surface area contributed by atoms with E-state index in [2.05, 4.69) is 20.8 Å². The average Bonchev–Trinajstić information content (AvgIpc) is 3.31. The topological polar surface area (TPSA) is 119 Å². The molecule has 10 heteroatoms. The fourth-order valence-corrected chi connectivity index (χ4v) is 2.97. The number of nitrogens with one attached hydrogen (secondary N) is 2. The van der Waals surface area contributed by atoms with E-state index < -0.39 is 6.03 Å². The minimum atomic E-state index is -0.405. The number of carbonyl (C=O) groups excluding carboxylic acids is 2. The maximum atomic E-state index is 12.0. The molecular formula is C18H23N5O5. The second-order valence-corrected chi connectivity index (χ2v) is 6.22. The van der Waals surface area contributed by atoms with E-state index in [9.17, 15) is 9.59 Å². The van der Waals surface area contributed by atoms with Crippen LogP contribution in [0.2, 0.25) is 0 Å². The highest BCUT2D eigenvalue weighted by Gasteiger charge is 2.35. The van der Waals surface area contributed by atoms with E-state index in [0.29, 0.717) is 49.1 Å². The predicted octanol–water partition coefficient (Wildman–Crippen LogP) is 1.71. The number of hydrogen-bond acceptors (Lipinski definition) is 7. The monoisotopic (exact) mass is 389 g/mol. The Labute approximate surface area is 162 Å². The van der Waals surface area contributed by atoms with E-state index >= 15 is 0 Å². The Kier molecular flexibility index (Phi) is 6.43. The second-order valence-electron chi connectivity index (χ2n) is 6.22. The van der Waals surface area contributed by atoms with Crippen molar-refractivity contribution in [2.24, 2.45) is 0 Å². The third-order valence-corrected chi connectivity index (χ3v) is 4.37. The van der Waals surface area contributed by atoms with Crippen molar-refractivity contribution in [2.75, 3.05) is 32.7 Å². The quantitative estimate of drug-likeness (QED) is 0.705. The molecule has 3 rings (SSSR count). The van der Waals surface area contributed by atoms with Crippen molar-refractivity contribution in [1.29, 1.82) is 0 Å². The molecule has 3 amide bonds. The molecule has 1 saturated heterocycles. The summed E-state index contributed by atoms with van der Waals surface area (Å²) in [6.07, 6.45) is 1.06. The highest BCUT2D eigenvalue weighted by atomic mass is 16.5. The van der Waals surface area contributed by atoms with Crippen LogP contribution in [0.5, 0.6) is 5.75 Å². The van der Waals surface area contributed by atoms with Gasteiger partial charge in [0, 0.05) is 31.8 Å². The SMILES string of the molecule is COCCN1C(=O)CC[C@H]1c1nc(CNC(=O)Nc2cccc(OC)c2)no1. The first-order valence-electron chi connectivity index (χ1n) is 8.90. The van der Waals surface area contributed by atoms with Crippen LogP contribution in [0.25, 0.3) is 0 Å². The van der Waals surface area contributed by atoms with Gasteiger partial charge < -0.3 is 29.5 Å². The molecule has 1 aromatic carbocycles. The molecule has 1 aliphatic heterocycles. The highest BCUT2D eigenvalue weighted by Crippen LogP contribution is 2.31. The van der Waals surface area contributed by atoms with E-state index in [4.69, 9.17) is 14.0 Å². The van der Waals surface area contributed by atoms with Crippen molar-refractivity contribution < 1.29 is 23.6 Å². The van der Waals surface area contributed by atoms with Gasteiger partial charge in [0.25, 0.3) is 0 Å². The number of rotatable bonds is 8. The summed E-state index contributed by atoms with van der Waals surface area (Å²) in [5.41, 5.74) is 0.601. The molecule has 1 aliphatic rings.